The van der Waals surface area contributed by atoms with Gasteiger partial charge in [-0.1, -0.05) is 19.9 Å². The monoisotopic (exact) mass is 195 g/mol. The molecule has 0 aliphatic heterocycles. The maximum atomic E-state index is 11.7. The van der Waals surface area contributed by atoms with Crippen LogP contribution in [0.4, 0.5) is 0 Å². The predicted molar refractivity (Wildman–Crippen MR) is 59.3 cm³/mol. The molecule has 0 aromatic rings. The minimum absolute atomic E-state index is 0.370. The van der Waals surface area contributed by atoms with E-state index in [1.54, 1.807) is 0 Å². The first-order chi connectivity index (χ1) is 6.77. The summed E-state index contributed by atoms with van der Waals surface area (Å²) in [5.41, 5.74) is 1.08. The van der Waals surface area contributed by atoms with Gasteiger partial charge in [-0.15, -0.1) is 0 Å². The summed E-state index contributed by atoms with van der Waals surface area (Å²) in [6.07, 6.45) is 6.11. The molecule has 0 aromatic carbocycles. The predicted octanol–water partition coefficient (Wildman–Crippen LogP) is 2.40. The van der Waals surface area contributed by atoms with Gasteiger partial charge in [0, 0.05) is 13.0 Å². The molecule has 1 aliphatic carbocycles. The fourth-order valence-corrected chi connectivity index (χ4v) is 1.88. The Morgan fingerprint density at radius 1 is 1.43 bits per heavy atom. The van der Waals surface area contributed by atoms with E-state index in [-0.39, 0.29) is 0 Å². The number of hydrogen-bond acceptors (Lipinski definition) is 2. The van der Waals surface area contributed by atoms with E-state index in [0.717, 1.165) is 38.0 Å². The summed E-state index contributed by atoms with van der Waals surface area (Å²) in [5.74, 6) is 0.370. The van der Waals surface area contributed by atoms with Crippen molar-refractivity contribution < 1.29 is 4.79 Å². The lowest BCUT2D eigenvalue weighted by molar-refractivity contribution is -0.116. The third-order valence-corrected chi connectivity index (χ3v) is 2.95. The Morgan fingerprint density at radius 2 is 2.14 bits per heavy atom. The molecule has 0 unspecified atom stereocenters. The van der Waals surface area contributed by atoms with Crippen molar-refractivity contribution in [3.05, 3.63) is 11.6 Å². The highest BCUT2D eigenvalue weighted by Gasteiger charge is 2.13. The van der Waals surface area contributed by atoms with E-state index in [2.05, 4.69) is 24.8 Å². The van der Waals surface area contributed by atoms with Gasteiger partial charge in [0.1, 0.15) is 0 Å². The lowest BCUT2D eigenvalue weighted by atomic mass is 10.1. The van der Waals surface area contributed by atoms with Crippen molar-refractivity contribution in [1.82, 2.24) is 4.90 Å². The average Bonchev–Trinajstić information content (AvgIpc) is 2.72. The van der Waals surface area contributed by atoms with Gasteiger partial charge in [0.15, 0.2) is 5.78 Å². The summed E-state index contributed by atoms with van der Waals surface area (Å²) in [5, 5.41) is 0. The quantitative estimate of drug-likeness (QED) is 0.648. The van der Waals surface area contributed by atoms with Crippen LogP contribution in [0.25, 0.3) is 0 Å². The van der Waals surface area contributed by atoms with Crippen molar-refractivity contribution in [1.29, 1.82) is 0 Å². The number of rotatable bonds is 6. The smallest absolute Gasteiger partial charge is 0.159 e. The van der Waals surface area contributed by atoms with Crippen LogP contribution in [0.5, 0.6) is 0 Å². The molecule has 1 aliphatic rings. The fourth-order valence-electron chi connectivity index (χ4n) is 1.88. The number of nitrogens with zero attached hydrogens (tertiary/aromatic N) is 1. The number of ketones is 1. The van der Waals surface area contributed by atoms with Crippen LogP contribution in [0.3, 0.4) is 0 Å². The molecular formula is C12H21NO. The van der Waals surface area contributed by atoms with Crippen LogP contribution in [-0.2, 0) is 4.79 Å². The Bertz CT molecular complexity index is 216. The number of carbonyl (C=O) groups is 1. The minimum Gasteiger partial charge on any atom is -0.303 e. The number of hydrogen-bond donors (Lipinski definition) is 0. The summed E-state index contributed by atoms with van der Waals surface area (Å²) in [7, 11) is 0. The van der Waals surface area contributed by atoms with Crippen LogP contribution in [0.1, 0.15) is 39.5 Å². The Hall–Kier alpha value is -0.630. The van der Waals surface area contributed by atoms with Crippen LogP contribution in [0.15, 0.2) is 11.6 Å². The van der Waals surface area contributed by atoms with Crippen molar-refractivity contribution >= 4 is 5.78 Å². The van der Waals surface area contributed by atoms with E-state index in [1.807, 2.05) is 0 Å². The van der Waals surface area contributed by atoms with Crippen LogP contribution in [0.2, 0.25) is 0 Å². The van der Waals surface area contributed by atoms with Gasteiger partial charge in [0.05, 0.1) is 0 Å². The molecule has 0 radical (unpaired) electrons. The van der Waals surface area contributed by atoms with E-state index in [1.165, 1.54) is 6.42 Å². The molecule has 0 saturated heterocycles. The Morgan fingerprint density at radius 3 is 2.64 bits per heavy atom. The first-order valence-corrected chi connectivity index (χ1v) is 5.72. The molecule has 0 fully saturated rings. The van der Waals surface area contributed by atoms with Crippen molar-refractivity contribution in [2.45, 2.75) is 39.5 Å². The van der Waals surface area contributed by atoms with Gasteiger partial charge in [-0.25, -0.2) is 0 Å². The number of carbonyl (C=O) groups excluding carboxylic acids is 1. The second-order valence-electron chi connectivity index (χ2n) is 3.82. The van der Waals surface area contributed by atoms with Crippen molar-refractivity contribution in [2.75, 3.05) is 19.6 Å². The molecule has 1 rings (SSSR count). The van der Waals surface area contributed by atoms with E-state index in [4.69, 9.17) is 0 Å². The zero-order valence-electron chi connectivity index (χ0n) is 9.38. The zero-order chi connectivity index (χ0) is 10.4. The largest absolute Gasteiger partial charge is 0.303 e. The maximum absolute atomic E-state index is 11.7. The SMILES string of the molecule is CCN(CC)CCC(=O)C1=CCCC1. The van der Waals surface area contributed by atoms with E-state index >= 15 is 0 Å². The summed E-state index contributed by atoms with van der Waals surface area (Å²) >= 11 is 0. The highest BCUT2D eigenvalue weighted by molar-refractivity contribution is 5.95. The van der Waals surface area contributed by atoms with Gasteiger partial charge in [-0.2, -0.15) is 0 Å². The van der Waals surface area contributed by atoms with E-state index in [9.17, 15) is 4.79 Å². The van der Waals surface area contributed by atoms with Gasteiger partial charge >= 0.3 is 0 Å². The molecule has 0 bridgehead atoms. The minimum atomic E-state index is 0.370. The average molecular weight is 195 g/mol. The van der Waals surface area contributed by atoms with Gasteiger partial charge in [-0.05, 0) is 37.9 Å². The summed E-state index contributed by atoms with van der Waals surface area (Å²) in [4.78, 5) is 14.0. The lowest BCUT2D eigenvalue weighted by Crippen LogP contribution is -2.25. The molecule has 2 nitrogen and oxygen atoms in total. The normalized spacial score (nSPS) is 16.1. The zero-order valence-corrected chi connectivity index (χ0v) is 9.38. The maximum Gasteiger partial charge on any atom is 0.159 e. The molecule has 0 aromatic heterocycles. The molecule has 14 heavy (non-hydrogen) atoms. The van der Waals surface area contributed by atoms with Gasteiger partial charge in [0.2, 0.25) is 0 Å². The van der Waals surface area contributed by atoms with Gasteiger partial charge in [-0.3, -0.25) is 4.79 Å². The first kappa shape index (κ1) is 11.4. The molecule has 0 atom stereocenters. The molecule has 0 heterocycles. The molecule has 0 saturated carbocycles. The standard InChI is InChI=1S/C12H21NO/c1-3-13(4-2)10-9-12(14)11-7-5-6-8-11/h7H,3-6,8-10H2,1-2H3. The molecule has 0 amide bonds. The lowest BCUT2D eigenvalue weighted by Gasteiger charge is -2.17. The molecule has 0 spiro atoms. The summed E-state index contributed by atoms with van der Waals surface area (Å²) in [6.45, 7) is 7.29. The number of Topliss-reactive ketones (excluding diaryl/α,β-unsaturated/α-hetero) is 1. The Balaban J connectivity index is 2.26. The third-order valence-electron chi connectivity index (χ3n) is 2.95. The first-order valence-electron chi connectivity index (χ1n) is 5.72. The van der Waals surface area contributed by atoms with Gasteiger partial charge < -0.3 is 4.90 Å². The van der Waals surface area contributed by atoms with Crippen LogP contribution >= 0.6 is 0 Å². The second-order valence-corrected chi connectivity index (χ2v) is 3.82. The molecule has 80 valence electrons. The summed E-state index contributed by atoms with van der Waals surface area (Å²) in [6, 6.07) is 0. The Kier molecular flexibility index (Phi) is 4.88. The van der Waals surface area contributed by atoms with Crippen molar-refractivity contribution in [3.63, 3.8) is 0 Å². The van der Waals surface area contributed by atoms with E-state index in [0.29, 0.717) is 12.2 Å². The third kappa shape index (κ3) is 3.26. The molecule has 2 heteroatoms. The van der Waals surface area contributed by atoms with Gasteiger partial charge in [0.25, 0.3) is 0 Å². The fraction of sp³-hybridized carbons (Fsp3) is 0.750. The van der Waals surface area contributed by atoms with Crippen molar-refractivity contribution in [3.8, 4) is 0 Å². The Labute approximate surface area is 87.0 Å². The van der Waals surface area contributed by atoms with Crippen LogP contribution in [0, 0.1) is 0 Å². The van der Waals surface area contributed by atoms with E-state index < -0.39 is 0 Å². The van der Waals surface area contributed by atoms with Crippen LogP contribution < -0.4 is 0 Å². The van der Waals surface area contributed by atoms with Crippen molar-refractivity contribution in [2.24, 2.45) is 0 Å². The molecular weight excluding hydrogens is 174 g/mol. The second kappa shape index (κ2) is 5.97. The highest BCUT2D eigenvalue weighted by atomic mass is 16.1. The van der Waals surface area contributed by atoms with Crippen LogP contribution in [-0.4, -0.2) is 30.3 Å². The molecule has 0 N–H and O–H groups in total. The number of allylic oxidation sites excluding steroid dienone is 2. The highest BCUT2D eigenvalue weighted by Crippen LogP contribution is 2.19. The summed E-state index contributed by atoms with van der Waals surface area (Å²) < 4.78 is 0. The topological polar surface area (TPSA) is 20.3 Å².